The minimum absolute atomic E-state index is 0.0105. The monoisotopic (exact) mass is 290 g/mol. The molecule has 1 saturated heterocycles. The number of carbonyl (C=O) groups excluding carboxylic acids is 2. The number of likely N-dealkylation sites (tertiary alicyclic amines) is 1. The summed E-state index contributed by atoms with van der Waals surface area (Å²) >= 11 is 0. The van der Waals surface area contributed by atoms with Gasteiger partial charge in [-0.15, -0.1) is 0 Å². The van der Waals surface area contributed by atoms with E-state index in [1.165, 1.54) is 12.8 Å². The van der Waals surface area contributed by atoms with E-state index in [0.29, 0.717) is 11.3 Å². The summed E-state index contributed by atoms with van der Waals surface area (Å²) in [6, 6.07) is 6.96. The Kier molecular flexibility index (Phi) is 5.60. The smallest absolute Gasteiger partial charge is 0.260 e. The third-order valence-electron chi connectivity index (χ3n) is 3.67. The van der Waals surface area contributed by atoms with Gasteiger partial charge in [0.1, 0.15) is 5.75 Å². The second kappa shape index (κ2) is 7.67. The fourth-order valence-electron chi connectivity index (χ4n) is 2.47. The van der Waals surface area contributed by atoms with Crippen molar-refractivity contribution in [2.45, 2.75) is 25.7 Å². The standard InChI is InChI=1S/C16H22N2O3/c1-17-16(20)13-8-4-5-9-14(13)21-12-15(19)18-10-6-2-3-7-11-18/h4-5,8-9H,2-3,6-7,10-12H2,1H3,(H,17,20). The average Bonchev–Trinajstić information content (AvgIpc) is 2.81. The molecule has 1 aromatic rings. The van der Waals surface area contributed by atoms with Crippen molar-refractivity contribution in [3.8, 4) is 5.75 Å². The topological polar surface area (TPSA) is 58.6 Å². The van der Waals surface area contributed by atoms with Crippen LogP contribution in [0.5, 0.6) is 5.75 Å². The fraction of sp³-hybridized carbons (Fsp3) is 0.500. The summed E-state index contributed by atoms with van der Waals surface area (Å²) in [6.07, 6.45) is 4.48. The van der Waals surface area contributed by atoms with Gasteiger partial charge in [-0.2, -0.15) is 0 Å². The third kappa shape index (κ3) is 4.21. The van der Waals surface area contributed by atoms with Crippen LogP contribution in [0.2, 0.25) is 0 Å². The number of carbonyl (C=O) groups is 2. The molecule has 0 bridgehead atoms. The van der Waals surface area contributed by atoms with Gasteiger partial charge in [-0.3, -0.25) is 9.59 Å². The van der Waals surface area contributed by atoms with E-state index in [4.69, 9.17) is 4.74 Å². The lowest BCUT2D eigenvalue weighted by atomic mass is 10.2. The minimum atomic E-state index is -0.215. The van der Waals surface area contributed by atoms with E-state index in [9.17, 15) is 9.59 Å². The van der Waals surface area contributed by atoms with Crippen molar-refractivity contribution < 1.29 is 14.3 Å². The first-order valence-corrected chi connectivity index (χ1v) is 7.44. The molecule has 1 aliphatic heterocycles. The molecule has 0 aromatic heterocycles. The molecule has 0 spiro atoms. The predicted octanol–water partition coefficient (Wildman–Crippen LogP) is 1.83. The molecule has 2 amide bonds. The van der Waals surface area contributed by atoms with Crippen LogP contribution in [0.15, 0.2) is 24.3 Å². The summed E-state index contributed by atoms with van der Waals surface area (Å²) in [5.74, 6) is 0.219. The molecule has 21 heavy (non-hydrogen) atoms. The lowest BCUT2D eigenvalue weighted by Gasteiger charge is -2.20. The number of nitrogens with one attached hydrogen (secondary N) is 1. The van der Waals surface area contributed by atoms with Gasteiger partial charge >= 0.3 is 0 Å². The summed E-state index contributed by atoms with van der Waals surface area (Å²) < 4.78 is 5.56. The fourth-order valence-corrected chi connectivity index (χ4v) is 2.47. The summed E-state index contributed by atoms with van der Waals surface area (Å²) in [7, 11) is 1.57. The Labute approximate surface area is 125 Å². The quantitative estimate of drug-likeness (QED) is 0.920. The van der Waals surface area contributed by atoms with Crippen LogP contribution in [-0.4, -0.2) is 43.5 Å². The highest BCUT2D eigenvalue weighted by molar-refractivity contribution is 5.96. The van der Waals surface area contributed by atoms with E-state index in [1.807, 2.05) is 4.90 Å². The molecule has 5 nitrogen and oxygen atoms in total. The van der Waals surface area contributed by atoms with Crippen LogP contribution >= 0.6 is 0 Å². The Bertz CT molecular complexity index is 494. The van der Waals surface area contributed by atoms with Gasteiger partial charge in [0.15, 0.2) is 6.61 Å². The number of rotatable bonds is 4. The number of amides is 2. The number of ether oxygens (including phenoxy) is 1. The predicted molar refractivity (Wildman–Crippen MR) is 80.4 cm³/mol. The van der Waals surface area contributed by atoms with E-state index in [1.54, 1.807) is 31.3 Å². The normalized spacial score (nSPS) is 15.2. The summed E-state index contributed by atoms with van der Waals surface area (Å²) in [5, 5.41) is 2.57. The molecule has 0 saturated carbocycles. The minimum Gasteiger partial charge on any atom is -0.483 e. The Hall–Kier alpha value is -2.04. The first-order valence-electron chi connectivity index (χ1n) is 7.44. The van der Waals surface area contributed by atoms with Crippen molar-refractivity contribution in [1.82, 2.24) is 10.2 Å². The van der Waals surface area contributed by atoms with Crippen molar-refractivity contribution >= 4 is 11.8 Å². The zero-order valence-electron chi connectivity index (χ0n) is 12.4. The highest BCUT2D eigenvalue weighted by Crippen LogP contribution is 2.18. The molecule has 0 radical (unpaired) electrons. The maximum Gasteiger partial charge on any atom is 0.260 e. The molecular weight excluding hydrogens is 268 g/mol. The molecule has 1 heterocycles. The number of hydrogen-bond donors (Lipinski definition) is 1. The zero-order chi connectivity index (χ0) is 15.1. The maximum atomic E-state index is 12.2. The highest BCUT2D eigenvalue weighted by atomic mass is 16.5. The lowest BCUT2D eigenvalue weighted by Crippen LogP contribution is -2.35. The van der Waals surface area contributed by atoms with E-state index in [0.717, 1.165) is 25.9 Å². The van der Waals surface area contributed by atoms with Crippen molar-refractivity contribution in [3.63, 3.8) is 0 Å². The van der Waals surface area contributed by atoms with Crippen LogP contribution in [0.3, 0.4) is 0 Å². The van der Waals surface area contributed by atoms with Gasteiger partial charge in [0, 0.05) is 20.1 Å². The second-order valence-electron chi connectivity index (χ2n) is 5.16. The van der Waals surface area contributed by atoms with Gasteiger partial charge in [-0.05, 0) is 25.0 Å². The van der Waals surface area contributed by atoms with Gasteiger partial charge in [0.2, 0.25) is 0 Å². The van der Waals surface area contributed by atoms with Crippen LogP contribution < -0.4 is 10.1 Å². The van der Waals surface area contributed by atoms with E-state index in [2.05, 4.69) is 5.32 Å². The first-order chi connectivity index (χ1) is 10.2. The summed E-state index contributed by atoms with van der Waals surface area (Å²) in [6.45, 7) is 1.59. The molecule has 1 fully saturated rings. The average molecular weight is 290 g/mol. The van der Waals surface area contributed by atoms with Crippen molar-refractivity contribution in [2.24, 2.45) is 0 Å². The number of hydrogen-bond acceptors (Lipinski definition) is 3. The molecule has 1 aromatic carbocycles. The molecule has 0 unspecified atom stereocenters. The number of nitrogens with zero attached hydrogens (tertiary/aromatic N) is 1. The van der Waals surface area contributed by atoms with Crippen LogP contribution in [0.1, 0.15) is 36.0 Å². The Morgan fingerprint density at radius 3 is 2.48 bits per heavy atom. The Balaban J connectivity index is 1.96. The SMILES string of the molecule is CNC(=O)c1ccccc1OCC(=O)N1CCCCCC1. The van der Waals surface area contributed by atoms with Crippen molar-refractivity contribution in [1.29, 1.82) is 0 Å². The lowest BCUT2D eigenvalue weighted by molar-refractivity contribution is -0.133. The molecule has 1 N–H and O–H groups in total. The molecule has 5 heteroatoms. The molecule has 114 valence electrons. The molecule has 2 rings (SSSR count). The van der Waals surface area contributed by atoms with Crippen LogP contribution in [0, 0.1) is 0 Å². The second-order valence-corrected chi connectivity index (χ2v) is 5.16. The van der Waals surface area contributed by atoms with E-state index < -0.39 is 0 Å². The molecular formula is C16H22N2O3. The first kappa shape index (κ1) is 15.4. The molecule has 0 aliphatic carbocycles. The maximum absolute atomic E-state index is 12.2. The van der Waals surface area contributed by atoms with Gasteiger partial charge in [-0.1, -0.05) is 25.0 Å². The van der Waals surface area contributed by atoms with Crippen LogP contribution in [0.25, 0.3) is 0 Å². The van der Waals surface area contributed by atoms with E-state index in [-0.39, 0.29) is 18.4 Å². The summed E-state index contributed by atoms with van der Waals surface area (Å²) in [4.78, 5) is 25.8. The van der Waals surface area contributed by atoms with E-state index >= 15 is 0 Å². The largest absolute Gasteiger partial charge is 0.483 e. The summed E-state index contributed by atoms with van der Waals surface area (Å²) in [5.41, 5.74) is 0.448. The van der Waals surface area contributed by atoms with Gasteiger partial charge in [0.25, 0.3) is 11.8 Å². The van der Waals surface area contributed by atoms with Crippen molar-refractivity contribution in [3.05, 3.63) is 29.8 Å². The van der Waals surface area contributed by atoms with Crippen LogP contribution in [0.4, 0.5) is 0 Å². The van der Waals surface area contributed by atoms with Gasteiger partial charge in [0.05, 0.1) is 5.56 Å². The number of para-hydroxylation sites is 1. The van der Waals surface area contributed by atoms with Gasteiger partial charge in [-0.25, -0.2) is 0 Å². The number of benzene rings is 1. The highest BCUT2D eigenvalue weighted by Gasteiger charge is 2.17. The zero-order valence-corrected chi connectivity index (χ0v) is 12.4. The third-order valence-corrected chi connectivity index (χ3v) is 3.67. The van der Waals surface area contributed by atoms with Gasteiger partial charge < -0.3 is 15.0 Å². The Morgan fingerprint density at radius 2 is 1.81 bits per heavy atom. The molecule has 0 atom stereocenters. The molecule has 1 aliphatic rings. The Morgan fingerprint density at radius 1 is 1.14 bits per heavy atom. The van der Waals surface area contributed by atoms with Crippen LogP contribution in [-0.2, 0) is 4.79 Å². The van der Waals surface area contributed by atoms with Crippen molar-refractivity contribution in [2.75, 3.05) is 26.7 Å².